The van der Waals surface area contributed by atoms with Gasteiger partial charge in [-0.3, -0.25) is 0 Å². The molecule has 4 nitrogen and oxygen atoms in total. The molecule has 0 aliphatic rings. The molecule has 4 heteroatoms. The van der Waals surface area contributed by atoms with Crippen molar-refractivity contribution in [2.45, 2.75) is 13.8 Å². The zero-order chi connectivity index (χ0) is 11.5. The topological polar surface area (TPSA) is 61.0 Å². The molecule has 1 aromatic heterocycles. The van der Waals surface area contributed by atoms with Crippen molar-refractivity contribution >= 4 is 5.69 Å². The Kier molecular flexibility index (Phi) is 2.72. The first kappa shape index (κ1) is 10.4. The maximum absolute atomic E-state index is 5.54. The Morgan fingerprint density at radius 2 is 1.81 bits per heavy atom. The van der Waals surface area contributed by atoms with Gasteiger partial charge in [0.25, 0.3) is 0 Å². The molecule has 0 bridgehead atoms. The van der Waals surface area contributed by atoms with E-state index in [1.165, 1.54) is 18.0 Å². The Morgan fingerprint density at radius 1 is 1.12 bits per heavy atom. The van der Waals surface area contributed by atoms with Gasteiger partial charge in [0.15, 0.2) is 0 Å². The van der Waals surface area contributed by atoms with Crippen molar-refractivity contribution in [3.63, 3.8) is 0 Å². The van der Waals surface area contributed by atoms with Crippen molar-refractivity contribution in [1.82, 2.24) is 9.97 Å². The molecular weight excluding hydrogens is 202 g/mol. The number of nitrogens with zero attached hydrogens (tertiary/aromatic N) is 2. The number of hydrogen-bond donors (Lipinski definition) is 1. The van der Waals surface area contributed by atoms with E-state index in [0.29, 0.717) is 11.7 Å². The Bertz CT molecular complexity index is 494. The van der Waals surface area contributed by atoms with Crippen molar-refractivity contribution in [2.24, 2.45) is 0 Å². The second-order valence-corrected chi connectivity index (χ2v) is 3.67. The van der Waals surface area contributed by atoms with E-state index in [4.69, 9.17) is 10.5 Å². The summed E-state index contributed by atoms with van der Waals surface area (Å²) in [5, 5.41) is 0. The van der Waals surface area contributed by atoms with E-state index >= 15 is 0 Å². The third-order valence-corrected chi connectivity index (χ3v) is 2.18. The quantitative estimate of drug-likeness (QED) is 0.835. The van der Waals surface area contributed by atoms with Crippen molar-refractivity contribution < 1.29 is 4.74 Å². The van der Waals surface area contributed by atoms with Gasteiger partial charge in [0.1, 0.15) is 5.75 Å². The van der Waals surface area contributed by atoms with Crippen LogP contribution < -0.4 is 10.5 Å². The van der Waals surface area contributed by atoms with Gasteiger partial charge in [0, 0.05) is 0 Å². The lowest BCUT2D eigenvalue weighted by molar-refractivity contribution is 0.439. The highest BCUT2D eigenvalue weighted by atomic mass is 16.5. The molecule has 0 saturated heterocycles. The van der Waals surface area contributed by atoms with Crippen LogP contribution in [0, 0.1) is 13.8 Å². The second kappa shape index (κ2) is 4.18. The fraction of sp³-hybridized carbons (Fsp3) is 0.167. The van der Waals surface area contributed by atoms with Gasteiger partial charge in [-0.1, -0.05) is 17.7 Å². The van der Waals surface area contributed by atoms with Gasteiger partial charge >= 0.3 is 6.01 Å². The molecule has 2 N–H and O–H groups in total. The first-order chi connectivity index (χ1) is 7.65. The van der Waals surface area contributed by atoms with E-state index < -0.39 is 0 Å². The molecule has 0 aliphatic carbocycles. The van der Waals surface area contributed by atoms with Gasteiger partial charge in [-0.15, -0.1) is 0 Å². The Labute approximate surface area is 94.1 Å². The van der Waals surface area contributed by atoms with Gasteiger partial charge in [0.2, 0.25) is 0 Å². The van der Waals surface area contributed by atoms with Crippen molar-refractivity contribution in [3.8, 4) is 11.8 Å². The summed E-state index contributed by atoms with van der Waals surface area (Å²) in [5.41, 5.74) is 8.26. The fourth-order valence-corrected chi connectivity index (χ4v) is 1.39. The largest absolute Gasteiger partial charge is 0.424 e. The summed E-state index contributed by atoms with van der Waals surface area (Å²) < 4.78 is 5.54. The number of rotatable bonds is 2. The summed E-state index contributed by atoms with van der Waals surface area (Å²) in [7, 11) is 0. The zero-order valence-corrected chi connectivity index (χ0v) is 9.27. The number of nitrogens with two attached hydrogens (primary N) is 1. The summed E-state index contributed by atoms with van der Waals surface area (Å²) in [6, 6.07) is 6.25. The summed E-state index contributed by atoms with van der Waals surface area (Å²) in [6.45, 7) is 4.02. The lowest BCUT2D eigenvalue weighted by atomic mass is 10.1. The number of hydrogen-bond acceptors (Lipinski definition) is 4. The highest BCUT2D eigenvalue weighted by Crippen LogP contribution is 2.23. The monoisotopic (exact) mass is 215 g/mol. The van der Waals surface area contributed by atoms with Crippen LogP contribution in [0.4, 0.5) is 5.69 Å². The Morgan fingerprint density at radius 3 is 2.44 bits per heavy atom. The standard InChI is InChI=1S/C12H13N3O/c1-8-3-4-11(9(2)5-8)16-12-14-6-10(13)7-15-12/h3-7H,13H2,1-2H3. The minimum atomic E-state index is 0.307. The molecule has 0 atom stereocenters. The van der Waals surface area contributed by atoms with E-state index in [-0.39, 0.29) is 0 Å². The first-order valence-corrected chi connectivity index (χ1v) is 4.98. The number of benzene rings is 1. The molecule has 0 spiro atoms. The molecule has 2 rings (SSSR count). The lowest BCUT2D eigenvalue weighted by Gasteiger charge is -2.07. The Hall–Kier alpha value is -2.10. The number of ether oxygens (including phenoxy) is 1. The van der Waals surface area contributed by atoms with Crippen molar-refractivity contribution in [2.75, 3.05) is 5.73 Å². The molecule has 0 saturated carbocycles. The van der Waals surface area contributed by atoms with Crippen LogP contribution in [-0.4, -0.2) is 9.97 Å². The maximum atomic E-state index is 5.54. The molecule has 2 aromatic rings. The smallest absolute Gasteiger partial charge is 0.322 e. The number of anilines is 1. The summed E-state index contributed by atoms with van der Waals surface area (Å²) in [5.74, 6) is 0.760. The lowest BCUT2D eigenvalue weighted by Crippen LogP contribution is -1.95. The fourth-order valence-electron chi connectivity index (χ4n) is 1.39. The first-order valence-electron chi connectivity index (χ1n) is 4.98. The van der Waals surface area contributed by atoms with E-state index in [1.54, 1.807) is 0 Å². The van der Waals surface area contributed by atoms with Crippen molar-refractivity contribution in [1.29, 1.82) is 0 Å². The summed E-state index contributed by atoms with van der Waals surface area (Å²) in [6.07, 6.45) is 3.04. The molecule has 1 heterocycles. The van der Waals surface area contributed by atoms with Crippen LogP contribution in [0.1, 0.15) is 11.1 Å². The summed E-state index contributed by atoms with van der Waals surface area (Å²) >= 11 is 0. The highest BCUT2D eigenvalue weighted by Gasteiger charge is 2.03. The molecule has 82 valence electrons. The average molecular weight is 215 g/mol. The maximum Gasteiger partial charge on any atom is 0.322 e. The molecule has 0 aliphatic heterocycles. The predicted molar refractivity (Wildman–Crippen MR) is 62.4 cm³/mol. The van der Waals surface area contributed by atoms with Crippen LogP contribution >= 0.6 is 0 Å². The van der Waals surface area contributed by atoms with E-state index in [1.807, 2.05) is 32.0 Å². The van der Waals surface area contributed by atoms with Crippen LogP contribution in [-0.2, 0) is 0 Å². The number of aromatic nitrogens is 2. The van der Waals surface area contributed by atoms with Crippen LogP contribution in [0.2, 0.25) is 0 Å². The summed E-state index contributed by atoms with van der Waals surface area (Å²) in [4.78, 5) is 7.96. The molecule has 0 amide bonds. The molecule has 0 radical (unpaired) electrons. The van der Waals surface area contributed by atoms with Crippen molar-refractivity contribution in [3.05, 3.63) is 41.7 Å². The predicted octanol–water partition coefficient (Wildman–Crippen LogP) is 2.47. The molecule has 0 unspecified atom stereocenters. The minimum Gasteiger partial charge on any atom is -0.424 e. The van der Waals surface area contributed by atoms with Gasteiger partial charge in [-0.05, 0) is 25.5 Å². The Balaban J connectivity index is 2.23. The zero-order valence-electron chi connectivity index (χ0n) is 9.27. The third-order valence-electron chi connectivity index (χ3n) is 2.18. The molecule has 1 aromatic carbocycles. The van der Waals surface area contributed by atoms with Crippen LogP contribution in [0.15, 0.2) is 30.6 Å². The van der Waals surface area contributed by atoms with E-state index in [2.05, 4.69) is 9.97 Å². The van der Waals surface area contributed by atoms with E-state index in [0.717, 1.165) is 11.3 Å². The van der Waals surface area contributed by atoms with E-state index in [9.17, 15) is 0 Å². The van der Waals surface area contributed by atoms with Gasteiger partial charge in [-0.25, -0.2) is 9.97 Å². The highest BCUT2D eigenvalue weighted by molar-refractivity contribution is 5.38. The molecule has 0 fully saturated rings. The second-order valence-electron chi connectivity index (χ2n) is 3.67. The SMILES string of the molecule is Cc1ccc(Oc2ncc(N)cn2)c(C)c1. The third kappa shape index (κ3) is 2.28. The minimum absolute atomic E-state index is 0.307. The van der Waals surface area contributed by atoms with Crippen LogP contribution in [0.3, 0.4) is 0 Å². The average Bonchev–Trinajstić information content (AvgIpc) is 2.25. The van der Waals surface area contributed by atoms with Crippen LogP contribution in [0.5, 0.6) is 11.8 Å². The van der Waals surface area contributed by atoms with Crippen LogP contribution in [0.25, 0.3) is 0 Å². The number of aryl methyl sites for hydroxylation is 2. The normalized spacial score (nSPS) is 10.1. The van der Waals surface area contributed by atoms with Gasteiger partial charge < -0.3 is 10.5 Å². The number of nitrogen functional groups attached to an aromatic ring is 1. The van der Waals surface area contributed by atoms with Gasteiger partial charge in [-0.2, -0.15) is 0 Å². The van der Waals surface area contributed by atoms with Gasteiger partial charge in [0.05, 0.1) is 18.1 Å². The molecule has 16 heavy (non-hydrogen) atoms. The molecular formula is C12H13N3O.